The Labute approximate surface area is 340 Å². The van der Waals surface area contributed by atoms with Crippen molar-refractivity contribution in [1.29, 1.82) is 0 Å². The summed E-state index contributed by atoms with van der Waals surface area (Å²) in [5.74, 6) is 0.357. The van der Waals surface area contributed by atoms with Crippen LogP contribution in [0.5, 0.6) is 0 Å². The van der Waals surface area contributed by atoms with E-state index in [-0.39, 0.29) is 18.5 Å². The summed E-state index contributed by atoms with van der Waals surface area (Å²) in [5, 5.41) is 15.9. The van der Waals surface area contributed by atoms with E-state index in [0.29, 0.717) is 11.2 Å². The number of nitrogens with zero attached hydrogens (tertiary/aromatic N) is 1. The van der Waals surface area contributed by atoms with E-state index in [4.69, 9.17) is 0 Å². The largest absolute Gasteiger partial charge is 0.310 e. The van der Waals surface area contributed by atoms with E-state index in [2.05, 4.69) is 190 Å². The van der Waals surface area contributed by atoms with Gasteiger partial charge in [0.15, 0.2) is 0 Å². The summed E-state index contributed by atoms with van der Waals surface area (Å²) >= 11 is 3.93. The van der Waals surface area contributed by atoms with Gasteiger partial charge >= 0.3 is 0 Å². The van der Waals surface area contributed by atoms with Gasteiger partial charge in [-0.2, -0.15) is 0 Å². The molecule has 4 heterocycles. The molecular weight excluding hydrogens is 733 g/mol. The third kappa shape index (κ3) is 5.62. The third-order valence-electron chi connectivity index (χ3n) is 12.3. The molecule has 0 radical (unpaired) electrons. The molecule has 8 aromatic rings. The van der Waals surface area contributed by atoms with E-state index in [1.807, 2.05) is 23.1 Å². The molecule has 2 aliphatic heterocycles. The highest BCUT2D eigenvalue weighted by Crippen LogP contribution is 2.51. The van der Waals surface area contributed by atoms with Crippen molar-refractivity contribution in [3.63, 3.8) is 0 Å². The minimum atomic E-state index is -0.0332. The zero-order valence-corrected chi connectivity index (χ0v) is 32.9. The van der Waals surface area contributed by atoms with E-state index < -0.39 is 0 Å². The lowest BCUT2D eigenvalue weighted by atomic mass is 9.89. The molecule has 2 aromatic heterocycles. The lowest BCUT2D eigenvalue weighted by Crippen LogP contribution is -2.54. The average molecular weight is 773 g/mol. The normalized spacial score (nSPS) is 22.5. The molecule has 0 bridgehead atoms. The van der Waals surface area contributed by atoms with Crippen LogP contribution in [0.25, 0.3) is 54.0 Å². The molecule has 4 aliphatic rings. The molecule has 0 spiro atoms. The monoisotopic (exact) mass is 772 g/mol. The van der Waals surface area contributed by atoms with Gasteiger partial charge in [0.25, 0.3) is 0 Å². The van der Waals surface area contributed by atoms with Crippen LogP contribution in [0.1, 0.15) is 64.3 Å². The van der Waals surface area contributed by atoms with E-state index >= 15 is 0 Å². The minimum absolute atomic E-state index is 0.00209. The van der Waals surface area contributed by atoms with Gasteiger partial charge < -0.3 is 4.57 Å². The Morgan fingerprint density at radius 2 is 1.35 bits per heavy atom. The predicted molar refractivity (Wildman–Crippen MR) is 240 cm³/mol. The van der Waals surface area contributed by atoms with Gasteiger partial charge in [-0.05, 0) is 94.3 Å². The van der Waals surface area contributed by atoms with Gasteiger partial charge in [0.2, 0.25) is 0 Å². The summed E-state index contributed by atoms with van der Waals surface area (Å²) in [6.45, 7) is 0. The molecule has 3 N–H and O–H groups in total. The molecule has 1 fully saturated rings. The molecule has 2 aliphatic carbocycles. The Bertz CT molecular complexity index is 2910. The van der Waals surface area contributed by atoms with Gasteiger partial charge in [-0.15, -0.1) is 23.1 Å². The van der Waals surface area contributed by atoms with Crippen molar-refractivity contribution < 1.29 is 0 Å². The fraction of sp³-hybridized carbons (Fsp3) is 0.137. The van der Waals surface area contributed by atoms with E-state index in [1.54, 1.807) is 0 Å². The minimum Gasteiger partial charge on any atom is -0.310 e. The highest BCUT2D eigenvalue weighted by atomic mass is 32.2. The second-order valence-corrected chi connectivity index (χ2v) is 17.9. The van der Waals surface area contributed by atoms with Crippen molar-refractivity contribution in [3.05, 3.63) is 197 Å². The quantitative estimate of drug-likeness (QED) is 0.163. The average Bonchev–Trinajstić information content (AvgIpc) is 3.95. The Morgan fingerprint density at radius 1 is 0.614 bits per heavy atom. The van der Waals surface area contributed by atoms with Gasteiger partial charge in [-0.3, -0.25) is 16.0 Å². The summed E-state index contributed by atoms with van der Waals surface area (Å²) < 4.78 is 5.15. The molecule has 6 aromatic carbocycles. The second kappa shape index (κ2) is 13.6. The lowest BCUT2D eigenvalue weighted by Gasteiger charge is -2.39. The number of thiophene rings is 1. The van der Waals surface area contributed by atoms with Crippen LogP contribution in [0.2, 0.25) is 0 Å². The second-order valence-electron chi connectivity index (χ2n) is 15.6. The maximum atomic E-state index is 3.87. The molecule has 4 unspecified atom stereocenters. The maximum Gasteiger partial charge on any atom is 0.0865 e. The predicted octanol–water partition coefficient (Wildman–Crippen LogP) is 12.5. The van der Waals surface area contributed by atoms with Crippen molar-refractivity contribution in [3.8, 4) is 11.1 Å². The highest BCUT2D eigenvalue weighted by molar-refractivity contribution is 8.00. The Kier molecular flexibility index (Phi) is 8.02. The van der Waals surface area contributed by atoms with Gasteiger partial charge in [0, 0.05) is 53.0 Å². The first-order valence-electron chi connectivity index (χ1n) is 20.1. The van der Waals surface area contributed by atoms with Crippen molar-refractivity contribution >= 4 is 65.9 Å². The number of aromatic nitrogens is 1. The first-order valence-corrected chi connectivity index (χ1v) is 21.8. The van der Waals surface area contributed by atoms with E-state index in [9.17, 15) is 0 Å². The van der Waals surface area contributed by atoms with Crippen LogP contribution in [0.4, 0.5) is 0 Å². The Hall–Kier alpha value is -5.47. The fourth-order valence-corrected chi connectivity index (χ4v) is 12.3. The van der Waals surface area contributed by atoms with Crippen molar-refractivity contribution in [2.45, 2.75) is 47.4 Å². The molecule has 0 saturated carbocycles. The van der Waals surface area contributed by atoms with E-state index in [1.165, 1.54) is 86.3 Å². The molecule has 6 heteroatoms. The number of fused-ring (bicyclic) bond motifs is 9. The fourth-order valence-electron chi connectivity index (χ4n) is 9.61. The molecule has 0 amide bonds. The summed E-state index contributed by atoms with van der Waals surface area (Å²) in [7, 11) is 0. The van der Waals surface area contributed by atoms with Crippen molar-refractivity contribution in [2.24, 2.45) is 0 Å². The van der Waals surface area contributed by atoms with E-state index in [0.717, 1.165) is 12.8 Å². The standard InChI is InChI=1S/C51H40N4S2/c1-3-12-31(13-4-1)49-52-50(32-14-5-2-6-15-32)54-51(53-49)34-22-25-39-41-19-11-18-36(48(41)57-46(39)29-34)33-23-27-45-42(28-33)40-26-24-35(30-47(40)56-45)55-43-20-9-7-16-37(43)38-17-8-10-21-44(38)55/h1-7,9-16,18-30,40,47,49-54H,8,17H2. The summed E-state index contributed by atoms with van der Waals surface area (Å²) in [6.07, 6.45) is 14.2. The summed E-state index contributed by atoms with van der Waals surface area (Å²) in [5.41, 5.74) is 13.2. The molecule has 4 atom stereocenters. The smallest absolute Gasteiger partial charge is 0.0865 e. The Morgan fingerprint density at radius 3 is 2.16 bits per heavy atom. The Balaban J connectivity index is 0.871. The van der Waals surface area contributed by atoms with Crippen molar-refractivity contribution in [1.82, 2.24) is 20.5 Å². The third-order valence-corrected chi connectivity index (χ3v) is 14.9. The van der Waals surface area contributed by atoms with Crippen LogP contribution in [0.15, 0.2) is 169 Å². The van der Waals surface area contributed by atoms with Crippen LogP contribution in [-0.2, 0) is 6.42 Å². The molecule has 1 saturated heterocycles. The molecule has 4 nitrogen and oxygen atoms in total. The number of aryl methyl sites for hydroxylation is 1. The van der Waals surface area contributed by atoms with Gasteiger partial charge in [0.1, 0.15) is 0 Å². The van der Waals surface area contributed by atoms with Crippen molar-refractivity contribution in [2.75, 3.05) is 0 Å². The van der Waals surface area contributed by atoms with Crippen LogP contribution in [0, 0.1) is 0 Å². The van der Waals surface area contributed by atoms with Crippen LogP contribution < -0.4 is 16.0 Å². The molecule has 276 valence electrons. The number of allylic oxidation sites excluding steroid dienone is 4. The number of nitrogens with one attached hydrogen (secondary N) is 3. The first kappa shape index (κ1) is 33.6. The number of benzene rings is 6. The SMILES string of the molecule is C1=Cc2c(c3ccccc3n2C2=CC3Sc4ccc(-c5cccc6c5sc5cc(C7NC(c8ccccc8)NC(c8ccccc8)N7)ccc56)cc4C3C=C2)CC1. The van der Waals surface area contributed by atoms with Gasteiger partial charge in [-0.25, -0.2) is 0 Å². The molecule has 57 heavy (non-hydrogen) atoms. The van der Waals surface area contributed by atoms with Crippen LogP contribution in [0.3, 0.4) is 0 Å². The first-order chi connectivity index (χ1) is 28.2. The summed E-state index contributed by atoms with van der Waals surface area (Å²) in [6, 6.07) is 51.4. The van der Waals surface area contributed by atoms with Crippen LogP contribution in [-0.4, -0.2) is 9.82 Å². The highest BCUT2D eigenvalue weighted by Gasteiger charge is 2.34. The number of rotatable bonds is 5. The number of para-hydroxylation sites is 1. The number of hydrogen-bond acceptors (Lipinski definition) is 5. The molecule has 12 rings (SSSR count). The molecular formula is C51H40N4S2. The number of thioether (sulfide) groups is 1. The zero-order chi connectivity index (χ0) is 37.5. The number of hydrogen-bond donors (Lipinski definition) is 3. The topological polar surface area (TPSA) is 41.0 Å². The summed E-state index contributed by atoms with van der Waals surface area (Å²) in [4.78, 5) is 1.40. The van der Waals surface area contributed by atoms with Gasteiger partial charge in [-0.1, -0.05) is 127 Å². The zero-order valence-electron chi connectivity index (χ0n) is 31.2. The maximum absolute atomic E-state index is 3.87. The van der Waals surface area contributed by atoms with Gasteiger partial charge in [0.05, 0.1) is 24.0 Å². The lowest BCUT2D eigenvalue weighted by molar-refractivity contribution is 0.203. The van der Waals surface area contributed by atoms with Crippen LogP contribution >= 0.6 is 23.1 Å².